The van der Waals surface area contributed by atoms with Gasteiger partial charge in [-0.05, 0) is 36.8 Å². The number of aryl methyl sites for hydroxylation is 1. The van der Waals surface area contributed by atoms with Crippen molar-refractivity contribution >= 4 is 23.2 Å². The number of rotatable bonds is 2. The smallest absolute Gasteiger partial charge is 0.273 e. The fraction of sp³-hybridized carbons (Fsp3) is 0.0909. The van der Waals surface area contributed by atoms with E-state index in [1.807, 2.05) is 6.92 Å². The maximum Gasteiger partial charge on any atom is 0.273 e. The summed E-state index contributed by atoms with van der Waals surface area (Å²) in [6, 6.07) is 6.92. The normalized spacial score (nSPS) is 10.1. The molecule has 0 saturated heterocycles. The van der Waals surface area contributed by atoms with Crippen molar-refractivity contribution in [2.45, 2.75) is 6.92 Å². The minimum absolute atomic E-state index is 0.211. The third kappa shape index (κ3) is 2.23. The van der Waals surface area contributed by atoms with E-state index in [4.69, 9.17) is 11.6 Å². The number of nitrogens with zero attached hydrogens (tertiary/aromatic N) is 1. The first-order valence-corrected chi connectivity index (χ1v) is 5.11. The molecule has 82 valence electrons. The number of aromatic amines is 1. The fourth-order valence-corrected chi connectivity index (χ4v) is 1.43. The van der Waals surface area contributed by atoms with Crippen LogP contribution in [0.15, 0.2) is 30.5 Å². The molecule has 0 saturated carbocycles. The van der Waals surface area contributed by atoms with Gasteiger partial charge in [0.15, 0.2) is 0 Å². The van der Waals surface area contributed by atoms with Crippen molar-refractivity contribution in [1.29, 1.82) is 0 Å². The predicted molar refractivity (Wildman–Crippen MR) is 62.7 cm³/mol. The highest BCUT2D eigenvalue weighted by molar-refractivity contribution is 6.30. The van der Waals surface area contributed by atoms with Crippen LogP contribution in [-0.2, 0) is 0 Å². The molecule has 2 aromatic rings. The molecular formula is C11H10ClN3O. The highest BCUT2D eigenvalue weighted by atomic mass is 35.5. The lowest BCUT2D eigenvalue weighted by molar-refractivity contribution is 0.102. The lowest BCUT2D eigenvalue weighted by Gasteiger charge is -2.03. The van der Waals surface area contributed by atoms with Crippen LogP contribution in [0.4, 0.5) is 5.69 Å². The summed E-state index contributed by atoms with van der Waals surface area (Å²) in [6.45, 7) is 1.82. The number of hydrogen-bond acceptors (Lipinski definition) is 2. The molecule has 0 fully saturated rings. The quantitative estimate of drug-likeness (QED) is 0.841. The molecule has 0 bridgehead atoms. The second kappa shape index (κ2) is 4.37. The van der Waals surface area contributed by atoms with Crippen LogP contribution in [0.2, 0.25) is 5.02 Å². The number of carbonyl (C=O) groups is 1. The number of halogens is 1. The third-order valence-electron chi connectivity index (χ3n) is 2.16. The number of carbonyl (C=O) groups excluding carboxylic acids is 1. The molecule has 0 spiro atoms. The lowest BCUT2D eigenvalue weighted by atomic mass is 10.2. The van der Waals surface area contributed by atoms with E-state index in [1.165, 1.54) is 0 Å². The number of anilines is 1. The van der Waals surface area contributed by atoms with E-state index < -0.39 is 0 Å². The van der Waals surface area contributed by atoms with Crippen molar-refractivity contribution in [2.24, 2.45) is 0 Å². The van der Waals surface area contributed by atoms with Crippen LogP contribution in [0.1, 0.15) is 16.1 Å². The van der Waals surface area contributed by atoms with Crippen LogP contribution < -0.4 is 5.32 Å². The average Bonchev–Trinajstić information content (AvgIpc) is 2.68. The Morgan fingerprint density at radius 3 is 2.62 bits per heavy atom. The van der Waals surface area contributed by atoms with E-state index in [0.29, 0.717) is 16.4 Å². The molecule has 2 N–H and O–H groups in total. The molecule has 0 aliphatic rings. The van der Waals surface area contributed by atoms with Gasteiger partial charge in [-0.3, -0.25) is 9.89 Å². The number of hydrogen-bond donors (Lipinski definition) is 2. The van der Waals surface area contributed by atoms with Gasteiger partial charge in [0, 0.05) is 10.7 Å². The molecule has 1 amide bonds. The monoisotopic (exact) mass is 235 g/mol. The van der Waals surface area contributed by atoms with E-state index in [0.717, 1.165) is 5.56 Å². The van der Waals surface area contributed by atoms with Gasteiger partial charge in [-0.15, -0.1) is 0 Å². The van der Waals surface area contributed by atoms with Gasteiger partial charge >= 0.3 is 0 Å². The predicted octanol–water partition coefficient (Wildman–Crippen LogP) is 2.62. The average molecular weight is 236 g/mol. The largest absolute Gasteiger partial charge is 0.321 e. The second-order valence-electron chi connectivity index (χ2n) is 3.39. The Bertz CT molecular complexity index is 504. The first-order chi connectivity index (χ1) is 7.66. The Morgan fingerprint density at radius 1 is 1.38 bits per heavy atom. The summed E-state index contributed by atoms with van der Waals surface area (Å²) in [7, 11) is 0. The number of benzene rings is 1. The summed E-state index contributed by atoms with van der Waals surface area (Å²) in [5.41, 5.74) is 1.98. The van der Waals surface area contributed by atoms with Gasteiger partial charge in [0.05, 0.1) is 6.20 Å². The molecule has 0 atom stereocenters. The number of aromatic nitrogens is 2. The summed E-state index contributed by atoms with van der Waals surface area (Å²) in [6.07, 6.45) is 1.61. The van der Waals surface area contributed by atoms with Gasteiger partial charge < -0.3 is 5.32 Å². The van der Waals surface area contributed by atoms with Gasteiger partial charge in [-0.25, -0.2) is 0 Å². The number of H-pyrrole nitrogens is 1. The standard InChI is InChI=1S/C11H10ClN3O/c1-7-6-13-15-10(7)11(16)14-9-4-2-8(12)3-5-9/h2-6H,1H3,(H,13,15)(H,14,16). The minimum atomic E-state index is -0.211. The molecule has 1 heterocycles. The molecular weight excluding hydrogens is 226 g/mol. The first kappa shape index (κ1) is 10.7. The van der Waals surface area contributed by atoms with Crippen molar-refractivity contribution in [2.75, 3.05) is 5.32 Å². The summed E-state index contributed by atoms with van der Waals surface area (Å²) in [5.74, 6) is -0.211. The molecule has 0 aliphatic heterocycles. The Balaban J connectivity index is 2.14. The van der Waals surface area contributed by atoms with Gasteiger partial charge in [-0.2, -0.15) is 5.10 Å². The SMILES string of the molecule is Cc1cn[nH]c1C(=O)Nc1ccc(Cl)cc1. The summed E-state index contributed by atoms with van der Waals surface area (Å²) < 4.78 is 0. The van der Waals surface area contributed by atoms with Gasteiger partial charge in [0.2, 0.25) is 0 Å². The van der Waals surface area contributed by atoms with Gasteiger partial charge in [0.25, 0.3) is 5.91 Å². The molecule has 2 rings (SSSR count). The Hall–Kier alpha value is -1.81. The van der Waals surface area contributed by atoms with Gasteiger partial charge in [0.1, 0.15) is 5.69 Å². The van der Waals surface area contributed by atoms with Crippen molar-refractivity contribution in [3.05, 3.63) is 46.7 Å². The molecule has 0 unspecified atom stereocenters. The Labute approximate surface area is 97.6 Å². The highest BCUT2D eigenvalue weighted by Crippen LogP contribution is 2.14. The second-order valence-corrected chi connectivity index (χ2v) is 3.83. The zero-order valence-electron chi connectivity index (χ0n) is 8.62. The fourth-order valence-electron chi connectivity index (χ4n) is 1.30. The van der Waals surface area contributed by atoms with Crippen molar-refractivity contribution in [3.63, 3.8) is 0 Å². The van der Waals surface area contributed by atoms with Gasteiger partial charge in [-0.1, -0.05) is 11.6 Å². The molecule has 16 heavy (non-hydrogen) atoms. The zero-order chi connectivity index (χ0) is 11.5. The minimum Gasteiger partial charge on any atom is -0.321 e. The summed E-state index contributed by atoms with van der Waals surface area (Å²) >= 11 is 5.74. The molecule has 4 nitrogen and oxygen atoms in total. The Kier molecular flexibility index (Phi) is 2.92. The molecule has 1 aromatic heterocycles. The van der Waals surface area contributed by atoms with Crippen LogP contribution in [0.5, 0.6) is 0 Å². The highest BCUT2D eigenvalue weighted by Gasteiger charge is 2.10. The first-order valence-electron chi connectivity index (χ1n) is 4.73. The van der Waals surface area contributed by atoms with Crippen molar-refractivity contribution in [1.82, 2.24) is 10.2 Å². The summed E-state index contributed by atoms with van der Waals surface area (Å²) in [4.78, 5) is 11.8. The van der Waals surface area contributed by atoms with E-state index in [9.17, 15) is 4.79 Å². The number of amides is 1. The van der Waals surface area contributed by atoms with Crippen LogP contribution in [0.25, 0.3) is 0 Å². The van der Waals surface area contributed by atoms with E-state index in [-0.39, 0.29) is 5.91 Å². The zero-order valence-corrected chi connectivity index (χ0v) is 9.38. The maximum absolute atomic E-state index is 11.8. The molecule has 0 radical (unpaired) electrons. The van der Waals surface area contributed by atoms with Crippen LogP contribution in [0, 0.1) is 6.92 Å². The van der Waals surface area contributed by atoms with Crippen molar-refractivity contribution in [3.8, 4) is 0 Å². The lowest BCUT2D eigenvalue weighted by Crippen LogP contribution is -2.13. The number of nitrogens with one attached hydrogen (secondary N) is 2. The van der Waals surface area contributed by atoms with E-state index in [2.05, 4.69) is 15.5 Å². The Morgan fingerprint density at radius 2 is 2.06 bits per heavy atom. The molecule has 1 aromatic carbocycles. The summed E-state index contributed by atoms with van der Waals surface area (Å²) in [5, 5.41) is 9.82. The van der Waals surface area contributed by atoms with E-state index >= 15 is 0 Å². The van der Waals surface area contributed by atoms with Crippen molar-refractivity contribution < 1.29 is 4.79 Å². The molecule has 0 aliphatic carbocycles. The van der Waals surface area contributed by atoms with Crippen LogP contribution >= 0.6 is 11.6 Å². The topological polar surface area (TPSA) is 57.8 Å². The maximum atomic E-state index is 11.8. The molecule has 5 heteroatoms. The van der Waals surface area contributed by atoms with E-state index in [1.54, 1.807) is 30.5 Å². The van der Waals surface area contributed by atoms with Crippen LogP contribution in [0.3, 0.4) is 0 Å². The third-order valence-corrected chi connectivity index (χ3v) is 2.41. The van der Waals surface area contributed by atoms with Crippen LogP contribution in [-0.4, -0.2) is 16.1 Å².